The Hall–Kier alpha value is -2.90. The van der Waals surface area contributed by atoms with Crippen LogP contribution in [0.3, 0.4) is 0 Å². The second-order valence-electron chi connectivity index (χ2n) is 7.73. The molecular formula is C23H25N3O3S. The lowest BCUT2D eigenvalue weighted by Gasteiger charge is -2.30. The molecule has 0 bridgehead atoms. The van der Waals surface area contributed by atoms with E-state index >= 15 is 0 Å². The van der Waals surface area contributed by atoms with Gasteiger partial charge < -0.3 is 15.1 Å². The van der Waals surface area contributed by atoms with E-state index in [9.17, 15) is 9.59 Å². The number of carbonyl (C=O) groups is 2. The number of anilines is 2. The number of piperidine rings is 1. The van der Waals surface area contributed by atoms with E-state index < -0.39 is 0 Å². The molecule has 3 aromatic rings. The topological polar surface area (TPSA) is 74.6 Å². The Morgan fingerprint density at radius 1 is 1.10 bits per heavy atom. The van der Waals surface area contributed by atoms with Gasteiger partial charge in [0.25, 0.3) is 11.8 Å². The molecule has 1 fully saturated rings. The van der Waals surface area contributed by atoms with Crippen LogP contribution >= 0.6 is 11.3 Å². The number of carbonyl (C=O) groups excluding carboxylic acids is 2. The Bertz CT molecular complexity index is 995. The third kappa shape index (κ3) is 5.17. The van der Waals surface area contributed by atoms with Crippen molar-refractivity contribution in [3.05, 3.63) is 71.0 Å². The standard InChI is InChI=1S/C23H25N3O3S/c1-16-4-2-12-26(14-16)15-17-6-8-18(9-7-17)24-23(28)20-10-11-21(30-20)25-22(27)19-5-3-13-29-19/h3,5-11,13,16H,2,4,12,14-15H2,1H3,(H,24,28)(H,25,27). The molecule has 0 radical (unpaired) electrons. The number of amides is 2. The van der Waals surface area contributed by atoms with Crippen molar-refractivity contribution in [2.45, 2.75) is 26.3 Å². The van der Waals surface area contributed by atoms with Crippen molar-refractivity contribution in [2.75, 3.05) is 23.7 Å². The fourth-order valence-electron chi connectivity index (χ4n) is 3.68. The van der Waals surface area contributed by atoms with Gasteiger partial charge in [0, 0.05) is 18.8 Å². The summed E-state index contributed by atoms with van der Waals surface area (Å²) in [6.45, 7) is 5.56. The highest BCUT2D eigenvalue weighted by Gasteiger charge is 2.17. The molecule has 2 N–H and O–H groups in total. The first kappa shape index (κ1) is 20.4. The fraction of sp³-hybridized carbons (Fsp3) is 0.304. The summed E-state index contributed by atoms with van der Waals surface area (Å²) in [4.78, 5) is 27.6. The molecule has 0 saturated carbocycles. The van der Waals surface area contributed by atoms with Crippen LogP contribution in [-0.2, 0) is 6.54 Å². The van der Waals surface area contributed by atoms with Crippen LogP contribution in [0.2, 0.25) is 0 Å². The van der Waals surface area contributed by atoms with Gasteiger partial charge in [-0.05, 0) is 67.3 Å². The summed E-state index contributed by atoms with van der Waals surface area (Å²) in [5.74, 6) is 0.453. The van der Waals surface area contributed by atoms with E-state index in [-0.39, 0.29) is 17.6 Å². The van der Waals surface area contributed by atoms with Crippen LogP contribution in [0.4, 0.5) is 10.7 Å². The predicted molar refractivity (Wildman–Crippen MR) is 119 cm³/mol. The van der Waals surface area contributed by atoms with Crippen molar-refractivity contribution in [1.82, 2.24) is 4.90 Å². The minimum atomic E-state index is -0.340. The van der Waals surface area contributed by atoms with Gasteiger partial charge in [0.1, 0.15) is 0 Å². The largest absolute Gasteiger partial charge is 0.459 e. The second kappa shape index (κ2) is 9.28. The zero-order chi connectivity index (χ0) is 20.9. The van der Waals surface area contributed by atoms with Gasteiger partial charge in [0.15, 0.2) is 5.76 Å². The van der Waals surface area contributed by atoms with Gasteiger partial charge in [-0.1, -0.05) is 19.1 Å². The van der Waals surface area contributed by atoms with E-state index in [1.807, 2.05) is 12.1 Å². The van der Waals surface area contributed by atoms with E-state index in [0.717, 1.165) is 31.2 Å². The zero-order valence-corrected chi connectivity index (χ0v) is 17.7. The SMILES string of the molecule is CC1CCCN(Cc2ccc(NC(=O)c3ccc(NC(=O)c4ccco4)s3)cc2)C1. The van der Waals surface area contributed by atoms with Crippen molar-refractivity contribution in [3.63, 3.8) is 0 Å². The first-order chi connectivity index (χ1) is 14.6. The van der Waals surface area contributed by atoms with Crippen LogP contribution in [0.1, 0.15) is 45.6 Å². The van der Waals surface area contributed by atoms with Gasteiger partial charge in [-0.15, -0.1) is 11.3 Å². The Labute approximate surface area is 179 Å². The molecule has 156 valence electrons. The number of hydrogen-bond donors (Lipinski definition) is 2. The number of furan rings is 1. The summed E-state index contributed by atoms with van der Waals surface area (Å²) < 4.78 is 5.07. The molecule has 2 amide bonds. The van der Waals surface area contributed by atoms with Gasteiger partial charge in [-0.3, -0.25) is 14.5 Å². The monoisotopic (exact) mass is 423 g/mol. The van der Waals surface area contributed by atoms with Crippen molar-refractivity contribution in [3.8, 4) is 0 Å². The summed E-state index contributed by atoms with van der Waals surface area (Å²) in [6, 6.07) is 14.7. The third-order valence-electron chi connectivity index (χ3n) is 5.17. The molecule has 3 heterocycles. The Balaban J connectivity index is 1.31. The Kier molecular flexibility index (Phi) is 6.30. The molecule has 0 spiro atoms. The van der Waals surface area contributed by atoms with Crippen molar-refractivity contribution in [2.24, 2.45) is 5.92 Å². The molecule has 1 unspecified atom stereocenters. The third-order valence-corrected chi connectivity index (χ3v) is 6.17. The van der Waals surface area contributed by atoms with E-state index in [1.165, 1.54) is 36.0 Å². The van der Waals surface area contributed by atoms with Crippen LogP contribution in [0, 0.1) is 5.92 Å². The van der Waals surface area contributed by atoms with Crippen LogP contribution in [0.25, 0.3) is 0 Å². The molecule has 1 atom stereocenters. The molecule has 7 heteroatoms. The number of benzene rings is 1. The zero-order valence-electron chi connectivity index (χ0n) is 16.9. The van der Waals surface area contributed by atoms with E-state index in [4.69, 9.17) is 4.42 Å². The van der Waals surface area contributed by atoms with Gasteiger partial charge in [-0.25, -0.2) is 0 Å². The number of hydrogen-bond acceptors (Lipinski definition) is 5. The quantitative estimate of drug-likeness (QED) is 0.580. The molecule has 0 aliphatic carbocycles. The number of likely N-dealkylation sites (tertiary alicyclic amines) is 1. The second-order valence-corrected chi connectivity index (χ2v) is 8.81. The van der Waals surface area contributed by atoms with Crippen molar-refractivity contribution < 1.29 is 14.0 Å². The minimum absolute atomic E-state index is 0.198. The maximum Gasteiger partial charge on any atom is 0.291 e. The molecular weight excluding hydrogens is 398 g/mol. The van der Waals surface area contributed by atoms with Crippen molar-refractivity contribution in [1.29, 1.82) is 0 Å². The highest BCUT2D eigenvalue weighted by Crippen LogP contribution is 2.24. The first-order valence-electron chi connectivity index (χ1n) is 10.1. The maximum atomic E-state index is 12.5. The molecule has 2 aromatic heterocycles. The maximum absolute atomic E-state index is 12.5. The molecule has 1 aliphatic heterocycles. The van der Waals surface area contributed by atoms with Gasteiger partial charge >= 0.3 is 0 Å². The number of nitrogens with zero attached hydrogens (tertiary/aromatic N) is 1. The lowest BCUT2D eigenvalue weighted by atomic mass is 10.00. The summed E-state index contributed by atoms with van der Waals surface area (Å²) >= 11 is 1.22. The number of thiophene rings is 1. The summed E-state index contributed by atoms with van der Waals surface area (Å²) in [6.07, 6.45) is 4.03. The lowest BCUT2D eigenvalue weighted by molar-refractivity contribution is 0.0995. The Morgan fingerprint density at radius 2 is 1.93 bits per heavy atom. The van der Waals surface area contributed by atoms with E-state index in [2.05, 4.69) is 34.6 Å². The van der Waals surface area contributed by atoms with Gasteiger partial charge in [0.05, 0.1) is 16.1 Å². The predicted octanol–water partition coefficient (Wildman–Crippen LogP) is 5.08. The van der Waals surface area contributed by atoms with Crippen LogP contribution < -0.4 is 10.6 Å². The summed E-state index contributed by atoms with van der Waals surface area (Å²) in [5, 5.41) is 6.24. The molecule has 1 aliphatic rings. The van der Waals surface area contributed by atoms with Crippen LogP contribution in [-0.4, -0.2) is 29.8 Å². The van der Waals surface area contributed by atoms with Crippen LogP contribution in [0.5, 0.6) is 0 Å². The highest BCUT2D eigenvalue weighted by molar-refractivity contribution is 7.18. The molecule has 30 heavy (non-hydrogen) atoms. The molecule has 1 aromatic carbocycles. The molecule has 4 rings (SSSR count). The lowest BCUT2D eigenvalue weighted by Crippen LogP contribution is -2.33. The minimum Gasteiger partial charge on any atom is -0.459 e. The first-order valence-corrected chi connectivity index (χ1v) is 11.0. The van der Waals surface area contributed by atoms with Crippen molar-refractivity contribution >= 4 is 33.8 Å². The van der Waals surface area contributed by atoms with Crippen LogP contribution in [0.15, 0.2) is 59.2 Å². The average Bonchev–Trinajstić information content (AvgIpc) is 3.42. The average molecular weight is 424 g/mol. The van der Waals surface area contributed by atoms with Gasteiger partial charge in [-0.2, -0.15) is 0 Å². The normalized spacial score (nSPS) is 16.9. The molecule has 6 nitrogen and oxygen atoms in total. The summed E-state index contributed by atoms with van der Waals surface area (Å²) in [7, 11) is 0. The van der Waals surface area contributed by atoms with E-state index in [1.54, 1.807) is 24.3 Å². The number of nitrogens with one attached hydrogen (secondary N) is 2. The van der Waals surface area contributed by atoms with E-state index in [0.29, 0.717) is 9.88 Å². The highest BCUT2D eigenvalue weighted by atomic mass is 32.1. The molecule has 1 saturated heterocycles. The Morgan fingerprint density at radius 3 is 2.67 bits per heavy atom. The fourth-order valence-corrected chi connectivity index (χ4v) is 4.48. The smallest absolute Gasteiger partial charge is 0.291 e. The summed E-state index contributed by atoms with van der Waals surface area (Å²) in [5.41, 5.74) is 2.01. The number of rotatable bonds is 6. The van der Waals surface area contributed by atoms with Gasteiger partial charge in [0.2, 0.25) is 0 Å².